The lowest BCUT2D eigenvalue weighted by Gasteiger charge is -2.25. The third kappa shape index (κ3) is 4.40. The van der Waals surface area contributed by atoms with Gasteiger partial charge in [-0.15, -0.1) is 11.3 Å². The van der Waals surface area contributed by atoms with Gasteiger partial charge in [0.2, 0.25) is 10.0 Å². The number of nitrogens with one attached hydrogen (secondary N) is 1. The molecule has 4 rings (SSSR count). The highest BCUT2D eigenvalue weighted by Crippen LogP contribution is 2.39. The van der Waals surface area contributed by atoms with Crippen molar-refractivity contribution in [2.24, 2.45) is 0 Å². The van der Waals surface area contributed by atoms with Gasteiger partial charge in [0.25, 0.3) is 5.91 Å². The molecule has 1 amide bonds. The highest BCUT2D eigenvalue weighted by atomic mass is 32.2. The standard InChI is InChI=1S/C22H26N2O5S2/c1-2-29-22(26)19-17-7-6-8-18(17)30-21(19)23-20(25)15-9-11-16(12-10-15)31(27,28)24-13-4-3-5-14-24/h9-12H,2-8,13-14H2,1H3,(H,23,25). The van der Waals surface area contributed by atoms with Crippen LogP contribution in [0.5, 0.6) is 0 Å². The molecule has 1 aromatic carbocycles. The van der Waals surface area contributed by atoms with Gasteiger partial charge in [0.05, 0.1) is 17.1 Å². The molecule has 2 heterocycles. The molecule has 1 aliphatic carbocycles. The van der Waals surface area contributed by atoms with Crippen molar-refractivity contribution < 1.29 is 22.7 Å². The Hall–Kier alpha value is -2.23. The number of carbonyl (C=O) groups is 2. The van der Waals surface area contributed by atoms with Crippen LogP contribution in [-0.4, -0.2) is 44.3 Å². The Kier molecular flexibility index (Phi) is 6.45. The molecule has 2 aliphatic rings. The van der Waals surface area contributed by atoms with E-state index < -0.39 is 16.0 Å². The highest BCUT2D eigenvalue weighted by Gasteiger charge is 2.29. The summed E-state index contributed by atoms with van der Waals surface area (Å²) in [6.45, 7) is 3.08. The third-order valence-corrected chi connectivity index (χ3v) is 8.82. The number of anilines is 1. The van der Waals surface area contributed by atoms with Crippen molar-refractivity contribution in [3.63, 3.8) is 0 Å². The maximum atomic E-state index is 12.8. The molecule has 166 valence electrons. The zero-order valence-corrected chi connectivity index (χ0v) is 19.1. The van der Waals surface area contributed by atoms with Gasteiger partial charge in [-0.05, 0) is 68.9 Å². The monoisotopic (exact) mass is 462 g/mol. The van der Waals surface area contributed by atoms with Crippen LogP contribution in [0.3, 0.4) is 0 Å². The largest absolute Gasteiger partial charge is 0.462 e. The summed E-state index contributed by atoms with van der Waals surface area (Å²) in [5.74, 6) is -0.799. The lowest BCUT2D eigenvalue weighted by atomic mass is 10.1. The van der Waals surface area contributed by atoms with Crippen molar-refractivity contribution in [1.82, 2.24) is 4.31 Å². The number of carbonyl (C=O) groups excluding carboxylic acids is 2. The fourth-order valence-corrected chi connectivity index (χ4v) is 6.91. The van der Waals surface area contributed by atoms with Crippen molar-refractivity contribution in [2.75, 3.05) is 25.0 Å². The number of piperidine rings is 1. The molecular formula is C22H26N2O5S2. The number of hydrogen-bond acceptors (Lipinski definition) is 6. The van der Waals surface area contributed by atoms with Gasteiger partial charge in [0, 0.05) is 23.5 Å². The molecule has 0 radical (unpaired) electrons. The number of fused-ring (bicyclic) bond motifs is 1. The Morgan fingerprint density at radius 2 is 1.77 bits per heavy atom. The number of amides is 1. The van der Waals surface area contributed by atoms with E-state index in [4.69, 9.17) is 4.74 Å². The van der Waals surface area contributed by atoms with E-state index >= 15 is 0 Å². The quantitative estimate of drug-likeness (QED) is 0.659. The van der Waals surface area contributed by atoms with Crippen molar-refractivity contribution in [1.29, 1.82) is 0 Å². The van der Waals surface area contributed by atoms with Crippen LogP contribution in [0.25, 0.3) is 0 Å². The molecule has 0 saturated carbocycles. The van der Waals surface area contributed by atoms with Crippen molar-refractivity contribution in [3.05, 3.63) is 45.8 Å². The number of sulfonamides is 1. The fraction of sp³-hybridized carbons (Fsp3) is 0.455. The van der Waals surface area contributed by atoms with E-state index in [2.05, 4.69) is 5.32 Å². The zero-order chi connectivity index (χ0) is 22.0. The van der Waals surface area contributed by atoms with Crippen molar-refractivity contribution in [2.45, 2.75) is 50.3 Å². The minimum absolute atomic E-state index is 0.188. The first kappa shape index (κ1) is 22.0. The van der Waals surface area contributed by atoms with E-state index in [1.54, 1.807) is 6.92 Å². The summed E-state index contributed by atoms with van der Waals surface area (Å²) in [7, 11) is -3.54. The van der Waals surface area contributed by atoms with Crippen LogP contribution in [0, 0.1) is 0 Å². The molecule has 1 N–H and O–H groups in total. The van der Waals surface area contributed by atoms with Crippen LogP contribution in [0.4, 0.5) is 5.00 Å². The highest BCUT2D eigenvalue weighted by molar-refractivity contribution is 7.89. The van der Waals surface area contributed by atoms with Crippen LogP contribution in [0.15, 0.2) is 29.2 Å². The zero-order valence-electron chi connectivity index (χ0n) is 17.5. The summed E-state index contributed by atoms with van der Waals surface area (Å²) in [5, 5.41) is 3.33. The molecule has 1 saturated heterocycles. The van der Waals surface area contributed by atoms with E-state index in [0.29, 0.717) is 29.2 Å². The summed E-state index contributed by atoms with van der Waals surface area (Å²) >= 11 is 1.42. The van der Waals surface area contributed by atoms with E-state index in [1.807, 2.05) is 0 Å². The predicted octanol–water partition coefficient (Wildman–Crippen LogP) is 3.84. The molecule has 9 heteroatoms. The van der Waals surface area contributed by atoms with E-state index in [1.165, 1.54) is 39.9 Å². The molecule has 31 heavy (non-hydrogen) atoms. The molecule has 0 unspecified atom stereocenters. The van der Waals surface area contributed by atoms with Crippen LogP contribution in [-0.2, 0) is 27.6 Å². The van der Waals surface area contributed by atoms with Crippen molar-refractivity contribution >= 4 is 38.2 Å². The first-order valence-corrected chi connectivity index (χ1v) is 12.9. The van der Waals surface area contributed by atoms with Crippen molar-refractivity contribution in [3.8, 4) is 0 Å². The lowest BCUT2D eigenvalue weighted by molar-refractivity contribution is 0.0527. The maximum absolute atomic E-state index is 12.8. The summed E-state index contributed by atoms with van der Waals surface area (Å²) in [4.78, 5) is 26.6. The van der Waals surface area contributed by atoms with E-state index in [-0.39, 0.29) is 17.4 Å². The lowest BCUT2D eigenvalue weighted by Crippen LogP contribution is -2.35. The Morgan fingerprint density at radius 1 is 1.06 bits per heavy atom. The van der Waals surface area contributed by atoms with Gasteiger partial charge < -0.3 is 10.1 Å². The molecule has 0 spiro atoms. The normalized spacial score (nSPS) is 16.7. The number of nitrogens with zero attached hydrogens (tertiary/aromatic N) is 1. The maximum Gasteiger partial charge on any atom is 0.341 e. The van der Waals surface area contributed by atoms with Gasteiger partial charge in [-0.2, -0.15) is 4.31 Å². The number of thiophene rings is 1. The van der Waals surface area contributed by atoms with Crippen LogP contribution >= 0.6 is 11.3 Å². The van der Waals surface area contributed by atoms with Gasteiger partial charge >= 0.3 is 5.97 Å². The third-order valence-electron chi connectivity index (χ3n) is 5.70. The minimum Gasteiger partial charge on any atom is -0.462 e. The Morgan fingerprint density at radius 3 is 2.45 bits per heavy atom. The number of rotatable bonds is 6. The molecule has 1 fully saturated rings. The number of ether oxygens (including phenoxy) is 1. The summed E-state index contributed by atoms with van der Waals surface area (Å²) in [6.07, 6.45) is 5.48. The number of esters is 1. The Bertz CT molecular complexity index is 1080. The van der Waals surface area contributed by atoms with Gasteiger partial charge in [0.15, 0.2) is 0 Å². The molecular weight excluding hydrogens is 436 g/mol. The SMILES string of the molecule is CCOC(=O)c1c(NC(=O)c2ccc(S(=O)(=O)N3CCCCC3)cc2)sc2c1CCC2. The molecule has 1 aromatic heterocycles. The average Bonchev–Trinajstić information content (AvgIpc) is 3.35. The minimum atomic E-state index is -3.54. The predicted molar refractivity (Wildman–Crippen MR) is 119 cm³/mol. The van der Waals surface area contributed by atoms with E-state index in [9.17, 15) is 18.0 Å². The van der Waals surface area contributed by atoms with Crippen LogP contribution in [0.1, 0.15) is 63.8 Å². The van der Waals surface area contributed by atoms with Gasteiger partial charge in [-0.3, -0.25) is 4.79 Å². The first-order valence-electron chi connectivity index (χ1n) is 10.6. The molecule has 7 nitrogen and oxygen atoms in total. The molecule has 1 aliphatic heterocycles. The van der Waals surface area contributed by atoms with Crippen LogP contribution in [0.2, 0.25) is 0 Å². The first-order chi connectivity index (χ1) is 14.9. The van der Waals surface area contributed by atoms with Gasteiger partial charge in [-0.1, -0.05) is 6.42 Å². The fourth-order valence-electron chi connectivity index (χ4n) is 4.12. The number of benzene rings is 1. The van der Waals surface area contributed by atoms with Gasteiger partial charge in [0.1, 0.15) is 5.00 Å². The smallest absolute Gasteiger partial charge is 0.341 e. The Balaban J connectivity index is 1.53. The summed E-state index contributed by atoms with van der Waals surface area (Å²) in [6, 6.07) is 5.97. The number of aryl methyl sites for hydroxylation is 1. The van der Waals surface area contributed by atoms with Gasteiger partial charge in [-0.25, -0.2) is 13.2 Å². The average molecular weight is 463 g/mol. The second kappa shape index (κ2) is 9.10. The summed E-state index contributed by atoms with van der Waals surface area (Å²) in [5.41, 5.74) is 1.76. The molecule has 2 aromatic rings. The Labute approximate surface area is 186 Å². The molecule has 0 atom stereocenters. The van der Waals surface area contributed by atoms with E-state index in [0.717, 1.165) is 49.0 Å². The second-order valence-corrected chi connectivity index (χ2v) is 10.8. The number of hydrogen-bond donors (Lipinski definition) is 1. The van der Waals surface area contributed by atoms with Crippen LogP contribution < -0.4 is 5.32 Å². The second-order valence-electron chi connectivity index (χ2n) is 7.73. The summed E-state index contributed by atoms with van der Waals surface area (Å²) < 4.78 is 32.3. The molecule has 0 bridgehead atoms. The topological polar surface area (TPSA) is 92.8 Å².